The molecule has 1 atom stereocenters. The average molecular weight is 294 g/mol. The van der Waals surface area contributed by atoms with Crippen LogP contribution in [0, 0.1) is 12.7 Å². The number of ether oxygens (including phenoxy) is 1. The fourth-order valence-electron chi connectivity index (χ4n) is 3.14. The van der Waals surface area contributed by atoms with Crippen LogP contribution in [0.1, 0.15) is 25.0 Å². The number of halogens is 1. The second kappa shape index (κ2) is 6.86. The first-order valence-corrected chi connectivity index (χ1v) is 7.70. The lowest BCUT2D eigenvalue weighted by Gasteiger charge is -2.46. The van der Waals surface area contributed by atoms with Gasteiger partial charge >= 0.3 is 0 Å². The first kappa shape index (κ1) is 16.4. The predicted octanol–water partition coefficient (Wildman–Crippen LogP) is 2.38. The normalized spacial score (nSPS) is 18.7. The molecule has 0 saturated carbocycles. The van der Waals surface area contributed by atoms with Crippen molar-refractivity contribution in [3.8, 4) is 0 Å². The van der Waals surface area contributed by atoms with Crippen LogP contribution >= 0.6 is 0 Å². The molecule has 118 valence electrons. The molecule has 1 aromatic carbocycles. The second-order valence-corrected chi connectivity index (χ2v) is 6.37. The van der Waals surface area contributed by atoms with Gasteiger partial charge in [0, 0.05) is 24.7 Å². The van der Waals surface area contributed by atoms with E-state index >= 15 is 0 Å². The number of nitrogens with zero attached hydrogens (tertiary/aromatic N) is 1. The van der Waals surface area contributed by atoms with Crippen molar-refractivity contribution in [3.63, 3.8) is 0 Å². The Morgan fingerprint density at radius 3 is 2.62 bits per heavy atom. The van der Waals surface area contributed by atoms with Crippen molar-refractivity contribution in [3.05, 3.63) is 35.1 Å². The Bertz CT molecular complexity index is 470. The number of nitrogens with one attached hydrogen (secondary N) is 1. The molecule has 1 N–H and O–H groups in total. The third-order valence-corrected chi connectivity index (χ3v) is 4.76. The van der Waals surface area contributed by atoms with Crippen LogP contribution in [0.2, 0.25) is 0 Å². The fourth-order valence-corrected chi connectivity index (χ4v) is 3.14. The Kier molecular flexibility index (Phi) is 5.36. The topological polar surface area (TPSA) is 24.5 Å². The summed E-state index contributed by atoms with van der Waals surface area (Å²) in [4.78, 5) is 2.46. The van der Waals surface area contributed by atoms with Gasteiger partial charge in [-0.15, -0.1) is 0 Å². The monoisotopic (exact) mass is 294 g/mol. The number of hydrogen-bond acceptors (Lipinski definition) is 3. The van der Waals surface area contributed by atoms with Gasteiger partial charge in [0.05, 0.1) is 13.2 Å². The van der Waals surface area contributed by atoms with E-state index in [-0.39, 0.29) is 17.4 Å². The minimum Gasteiger partial charge on any atom is -0.379 e. The number of aryl methyl sites for hydroxylation is 1. The molecular weight excluding hydrogens is 267 g/mol. The Hall–Kier alpha value is -0.970. The maximum Gasteiger partial charge on any atom is 0.123 e. The molecular formula is C17H27FN2O. The summed E-state index contributed by atoms with van der Waals surface area (Å²) in [5, 5.41) is 3.43. The van der Waals surface area contributed by atoms with Gasteiger partial charge in [0.25, 0.3) is 0 Å². The molecule has 0 aliphatic carbocycles. The Labute approximate surface area is 127 Å². The summed E-state index contributed by atoms with van der Waals surface area (Å²) in [6.07, 6.45) is 0.824. The third kappa shape index (κ3) is 3.82. The highest BCUT2D eigenvalue weighted by Gasteiger charge is 2.35. The third-order valence-electron chi connectivity index (χ3n) is 4.76. The van der Waals surface area contributed by atoms with Crippen molar-refractivity contribution in [2.45, 2.75) is 38.8 Å². The lowest BCUT2D eigenvalue weighted by molar-refractivity contribution is -0.0224. The zero-order valence-corrected chi connectivity index (χ0v) is 13.6. The zero-order chi connectivity index (χ0) is 15.5. The van der Waals surface area contributed by atoms with Gasteiger partial charge in [0.2, 0.25) is 0 Å². The number of morpholine rings is 1. The van der Waals surface area contributed by atoms with Gasteiger partial charge in [0.15, 0.2) is 0 Å². The molecule has 1 saturated heterocycles. The van der Waals surface area contributed by atoms with Crippen molar-refractivity contribution in [1.82, 2.24) is 10.2 Å². The number of benzene rings is 1. The molecule has 1 aliphatic rings. The summed E-state index contributed by atoms with van der Waals surface area (Å²) in [5.41, 5.74) is 2.22. The van der Waals surface area contributed by atoms with Gasteiger partial charge in [-0.05, 0) is 57.5 Å². The highest BCUT2D eigenvalue weighted by Crippen LogP contribution is 2.24. The van der Waals surface area contributed by atoms with E-state index in [0.717, 1.165) is 43.9 Å². The van der Waals surface area contributed by atoms with Crippen molar-refractivity contribution in [2.75, 3.05) is 33.4 Å². The van der Waals surface area contributed by atoms with E-state index in [1.807, 2.05) is 20.0 Å². The fraction of sp³-hybridized carbons (Fsp3) is 0.647. The van der Waals surface area contributed by atoms with Crippen LogP contribution in [0.5, 0.6) is 0 Å². The van der Waals surface area contributed by atoms with Crippen molar-refractivity contribution in [1.29, 1.82) is 0 Å². The SMILES string of the molecule is CNC(Cc1cc(F)ccc1C)C(C)(C)N1CCOCC1. The lowest BCUT2D eigenvalue weighted by Crippen LogP contribution is -2.60. The first-order chi connectivity index (χ1) is 9.95. The van der Waals surface area contributed by atoms with Gasteiger partial charge < -0.3 is 10.1 Å². The number of rotatable bonds is 5. The number of likely N-dealkylation sites (N-methyl/N-ethyl adjacent to an activating group) is 1. The van der Waals surface area contributed by atoms with E-state index in [1.54, 1.807) is 6.07 Å². The van der Waals surface area contributed by atoms with Crippen LogP contribution in [0.3, 0.4) is 0 Å². The summed E-state index contributed by atoms with van der Waals surface area (Å²) < 4.78 is 19.0. The molecule has 2 rings (SSSR count). The van der Waals surface area contributed by atoms with Crippen LogP contribution in [0.25, 0.3) is 0 Å². The van der Waals surface area contributed by atoms with E-state index in [1.165, 1.54) is 6.07 Å². The summed E-state index contributed by atoms with van der Waals surface area (Å²) in [6, 6.07) is 5.31. The maximum absolute atomic E-state index is 13.5. The lowest BCUT2D eigenvalue weighted by atomic mass is 9.86. The Morgan fingerprint density at radius 2 is 2.00 bits per heavy atom. The summed E-state index contributed by atoms with van der Waals surface area (Å²) in [7, 11) is 1.99. The molecule has 1 unspecified atom stereocenters. The van der Waals surface area contributed by atoms with E-state index in [4.69, 9.17) is 4.74 Å². The minimum atomic E-state index is -0.158. The quantitative estimate of drug-likeness (QED) is 0.902. The number of hydrogen-bond donors (Lipinski definition) is 1. The average Bonchev–Trinajstić information content (AvgIpc) is 2.48. The molecule has 0 amide bonds. The molecule has 0 aromatic heterocycles. The zero-order valence-electron chi connectivity index (χ0n) is 13.6. The largest absolute Gasteiger partial charge is 0.379 e. The van der Waals surface area contributed by atoms with Crippen molar-refractivity contribution >= 4 is 0 Å². The van der Waals surface area contributed by atoms with Gasteiger partial charge in [0.1, 0.15) is 5.82 Å². The highest BCUT2D eigenvalue weighted by molar-refractivity contribution is 5.28. The van der Waals surface area contributed by atoms with E-state index < -0.39 is 0 Å². The van der Waals surface area contributed by atoms with Crippen LogP contribution in [-0.4, -0.2) is 49.8 Å². The molecule has 4 heteroatoms. The minimum absolute atomic E-state index is 0.00269. The highest BCUT2D eigenvalue weighted by atomic mass is 19.1. The molecule has 1 aliphatic heterocycles. The standard InChI is InChI=1S/C17H27FN2O/c1-13-5-6-15(18)11-14(13)12-16(19-4)17(2,3)20-7-9-21-10-8-20/h5-6,11,16,19H,7-10,12H2,1-4H3. The van der Waals surface area contributed by atoms with Gasteiger partial charge in [-0.1, -0.05) is 6.07 Å². The van der Waals surface area contributed by atoms with Crippen molar-refractivity contribution < 1.29 is 9.13 Å². The molecule has 1 heterocycles. The molecule has 3 nitrogen and oxygen atoms in total. The summed E-state index contributed by atoms with van der Waals surface area (Å²) in [5.74, 6) is -0.158. The van der Waals surface area contributed by atoms with Gasteiger partial charge in [-0.3, -0.25) is 4.90 Å². The predicted molar refractivity (Wildman–Crippen MR) is 84.2 cm³/mol. The van der Waals surface area contributed by atoms with Crippen LogP contribution in [-0.2, 0) is 11.2 Å². The smallest absolute Gasteiger partial charge is 0.123 e. The molecule has 0 bridgehead atoms. The second-order valence-electron chi connectivity index (χ2n) is 6.37. The van der Waals surface area contributed by atoms with E-state index in [0.29, 0.717) is 0 Å². The molecule has 0 spiro atoms. The maximum atomic E-state index is 13.5. The van der Waals surface area contributed by atoms with Gasteiger partial charge in [-0.25, -0.2) is 4.39 Å². The van der Waals surface area contributed by atoms with Crippen LogP contribution in [0.15, 0.2) is 18.2 Å². The molecule has 1 aromatic rings. The summed E-state index contributed by atoms with van der Waals surface area (Å²) >= 11 is 0. The molecule has 21 heavy (non-hydrogen) atoms. The Morgan fingerprint density at radius 1 is 1.33 bits per heavy atom. The van der Waals surface area contributed by atoms with E-state index in [9.17, 15) is 4.39 Å². The summed E-state index contributed by atoms with van der Waals surface area (Å²) in [6.45, 7) is 10.0. The van der Waals surface area contributed by atoms with Crippen LogP contribution in [0.4, 0.5) is 4.39 Å². The Balaban J connectivity index is 2.16. The van der Waals surface area contributed by atoms with E-state index in [2.05, 4.69) is 24.1 Å². The first-order valence-electron chi connectivity index (χ1n) is 7.70. The molecule has 1 fully saturated rings. The van der Waals surface area contributed by atoms with Crippen LogP contribution < -0.4 is 5.32 Å². The molecule has 0 radical (unpaired) electrons. The van der Waals surface area contributed by atoms with Crippen molar-refractivity contribution in [2.24, 2.45) is 0 Å². The van der Waals surface area contributed by atoms with Gasteiger partial charge in [-0.2, -0.15) is 0 Å².